The Balaban J connectivity index is 1.82. The fourth-order valence-electron chi connectivity index (χ4n) is 2.86. The van der Waals surface area contributed by atoms with E-state index in [1.54, 1.807) is 24.3 Å². The Morgan fingerprint density at radius 1 is 0.964 bits per heavy atom. The molecule has 0 spiro atoms. The highest BCUT2D eigenvalue weighted by molar-refractivity contribution is 6.32. The summed E-state index contributed by atoms with van der Waals surface area (Å²) in [4.78, 5) is 21.4. The number of hydrogen-bond donors (Lipinski definition) is 2. The number of hydrogen-bond acceptors (Lipinski definition) is 5. The second-order valence-corrected chi connectivity index (χ2v) is 6.93. The van der Waals surface area contributed by atoms with Crippen molar-refractivity contribution in [3.63, 3.8) is 0 Å². The summed E-state index contributed by atoms with van der Waals surface area (Å²) in [6.45, 7) is 5.86. The van der Waals surface area contributed by atoms with E-state index < -0.39 is 0 Å². The van der Waals surface area contributed by atoms with Crippen molar-refractivity contribution >= 4 is 34.8 Å². The summed E-state index contributed by atoms with van der Waals surface area (Å²) in [5.74, 6) is 0.551. The summed E-state index contributed by atoms with van der Waals surface area (Å²) in [6.07, 6.45) is 0. The number of methoxy groups -OCH3 is 1. The topological polar surface area (TPSA) is 76.1 Å². The molecule has 0 radical (unpaired) electrons. The molecule has 3 rings (SSSR count). The van der Waals surface area contributed by atoms with Crippen LogP contribution in [0, 0.1) is 20.8 Å². The highest BCUT2D eigenvalue weighted by Gasteiger charge is 2.12. The van der Waals surface area contributed by atoms with Gasteiger partial charge in [-0.2, -0.15) is 0 Å². The molecule has 1 amide bonds. The number of rotatable bonds is 5. The van der Waals surface area contributed by atoms with Gasteiger partial charge >= 0.3 is 0 Å². The molecule has 0 saturated heterocycles. The van der Waals surface area contributed by atoms with Crippen LogP contribution in [-0.4, -0.2) is 23.0 Å². The zero-order valence-corrected chi connectivity index (χ0v) is 16.9. The molecule has 7 heteroatoms. The molecular formula is C21H21ClN4O2. The predicted molar refractivity (Wildman–Crippen MR) is 112 cm³/mol. The molecule has 2 N–H and O–H groups in total. The summed E-state index contributed by atoms with van der Waals surface area (Å²) in [5, 5.41) is 6.37. The third kappa shape index (κ3) is 4.78. The number of ether oxygens (including phenoxy) is 1. The molecule has 28 heavy (non-hydrogen) atoms. The molecule has 2 aromatic carbocycles. The minimum absolute atomic E-state index is 0.256. The number of halogens is 1. The van der Waals surface area contributed by atoms with Crippen LogP contribution in [0.3, 0.4) is 0 Å². The van der Waals surface area contributed by atoms with Crippen molar-refractivity contribution < 1.29 is 9.53 Å². The predicted octanol–water partition coefficient (Wildman–Crippen LogP) is 5.06. The van der Waals surface area contributed by atoms with Crippen molar-refractivity contribution in [2.45, 2.75) is 20.8 Å². The maximum absolute atomic E-state index is 12.6. The van der Waals surface area contributed by atoms with E-state index in [2.05, 4.69) is 26.7 Å². The van der Waals surface area contributed by atoms with Crippen LogP contribution in [-0.2, 0) is 0 Å². The van der Waals surface area contributed by atoms with E-state index >= 15 is 0 Å². The van der Waals surface area contributed by atoms with Gasteiger partial charge in [0.25, 0.3) is 5.91 Å². The molecule has 144 valence electrons. The van der Waals surface area contributed by atoms with Crippen molar-refractivity contribution in [2.24, 2.45) is 0 Å². The Kier molecular flexibility index (Phi) is 5.80. The lowest BCUT2D eigenvalue weighted by Gasteiger charge is -2.11. The molecule has 0 aliphatic carbocycles. The lowest BCUT2D eigenvalue weighted by Crippen LogP contribution is -2.15. The van der Waals surface area contributed by atoms with Crippen molar-refractivity contribution in [3.8, 4) is 5.75 Å². The average Bonchev–Trinajstić information content (AvgIpc) is 2.60. The van der Waals surface area contributed by atoms with E-state index in [0.29, 0.717) is 28.1 Å². The highest BCUT2D eigenvalue weighted by atomic mass is 35.5. The number of carbonyl (C=O) groups is 1. The Morgan fingerprint density at radius 2 is 1.68 bits per heavy atom. The number of aryl methyl sites for hydroxylation is 3. The number of carbonyl (C=O) groups excluding carboxylic acids is 1. The minimum Gasteiger partial charge on any atom is -0.495 e. The molecule has 3 aromatic rings. The number of benzene rings is 2. The van der Waals surface area contributed by atoms with Crippen LogP contribution in [0.2, 0.25) is 5.02 Å². The van der Waals surface area contributed by atoms with Gasteiger partial charge in [-0.15, -0.1) is 0 Å². The van der Waals surface area contributed by atoms with Gasteiger partial charge in [0.2, 0.25) is 5.95 Å². The van der Waals surface area contributed by atoms with Crippen LogP contribution in [0.15, 0.2) is 42.5 Å². The highest BCUT2D eigenvalue weighted by Crippen LogP contribution is 2.27. The zero-order chi connectivity index (χ0) is 20.3. The van der Waals surface area contributed by atoms with Crippen molar-refractivity contribution in [3.05, 3.63) is 70.0 Å². The van der Waals surface area contributed by atoms with Gasteiger partial charge in [-0.3, -0.25) is 4.79 Å². The minimum atomic E-state index is -0.352. The van der Waals surface area contributed by atoms with Gasteiger partial charge in [0, 0.05) is 17.1 Å². The number of amides is 1. The van der Waals surface area contributed by atoms with E-state index in [4.69, 9.17) is 16.3 Å². The molecule has 0 bridgehead atoms. The SMILES string of the molecule is COc1ccc(NC(=O)c2cc(C)nc(Nc3cc(C)cc(C)c3)n2)cc1Cl. The molecule has 0 aliphatic heterocycles. The third-order valence-corrected chi connectivity index (χ3v) is 4.27. The van der Waals surface area contributed by atoms with Crippen LogP contribution < -0.4 is 15.4 Å². The zero-order valence-electron chi connectivity index (χ0n) is 16.1. The van der Waals surface area contributed by atoms with Gasteiger partial charge < -0.3 is 15.4 Å². The first-order chi connectivity index (χ1) is 13.3. The number of nitrogens with zero attached hydrogens (tertiary/aromatic N) is 2. The summed E-state index contributed by atoms with van der Waals surface area (Å²) >= 11 is 6.11. The fourth-order valence-corrected chi connectivity index (χ4v) is 3.11. The first-order valence-corrected chi connectivity index (χ1v) is 9.08. The van der Waals surface area contributed by atoms with Gasteiger partial charge in [-0.05, 0) is 68.3 Å². The number of nitrogens with one attached hydrogen (secondary N) is 2. The molecule has 0 unspecified atom stereocenters. The standard InChI is InChI=1S/C21H21ClN4O2/c1-12-7-13(2)9-16(8-12)25-21-23-14(3)10-18(26-21)20(27)24-15-5-6-19(28-4)17(22)11-15/h5-11H,1-4H3,(H,24,27)(H,23,25,26). The molecule has 0 fully saturated rings. The molecule has 6 nitrogen and oxygen atoms in total. The molecular weight excluding hydrogens is 376 g/mol. The van der Waals surface area contributed by atoms with Gasteiger partial charge in [-0.1, -0.05) is 17.7 Å². The van der Waals surface area contributed by atoms with E-state index in [-0.39, 0.29) is 11.6 Å². The van der Waals surface area contributed by atoms with Crippen LogP contribution in [0.5, 0.6) is 5.75 Å². The summed E-state index contributed by atoms with van der Waals surface area (Å²) < 4.78 is 5.12. The van der Waals surface area contributed by atoms with Crippen molar-refractivity contribution in [2.75, 3.05) is 17.7 Å². The lowest BCUT2D eigenvalue weighted by molar-refractivity contribution is 0.102. The molecule has 1 heterocycles. The Morgan fingerprint density at radius 3 is 2.32 bits per heavy atom. The molecule has 0 aliphatic rings. The summed E-state index contributed by atoms with van der Waals surface area (Å²) in [6, 6.07) is 12.7. The second-order valence-electron chi connectivity index (χ2n) is 6.52. The van der Waals surface area contributed by atoms with Gasteiger partial charge in [-0.25, -0.2) is 9.97 Å². The maximum atomic E-state index is 12.6. The van der Waals surface area contributed by atoms with Gasteiger partial charge in [0.15, 0.2) is 0 Å². The maximum Gasteiger partial charge on any atom is 0.274 e. The number of aromatic nitrogens is 2. The quantitative estimate of drug-likeness (QED) is 0.630. The van der Waals surface area contributed by atoms with Crippen molar-refractivity contribution in [1.29, 1.82) is 0 Å². The first kappa shape index (κ1) is 19.6. The van der Waals surface area contributed by atoms with Gasteiger partial charge in [0.1, 0.15) is 11.4 Å². The Labute approximate surface area is 168 Å². The van der Waals surface area contributed by atoms with Gasteiger partial charge in [0.05, 0.1) is 12.1 Å². The Bertz CT molecular complexity index is 1020. The Hall–Kier alpha value is -3.12. The fraction of sp³-hybridized carbons (Fsp3) is 0.190. The van der Waals surface area contributed by atoms with E-state index in [0.717, 1.165) is 16.8 Å². The monoisotopic (exact) mass is 396 g/mol. The van der Waals surface area contributed by atoms with Crippen molar-refractivity contribution in [1.82, 2.24) is 9.97 Å². The molecule has 1 aromatic heterocycles. The smallest absolute Gasteiger partial charge is 0.274 e. The molecule has 0 saturated carbocycles. The summed E-state index contributed by atoms with van der Waals surface area (Å²) in [5.41, 5.74) is 4.62. The van der Waals surface area contributed by atoms with E-state index in [1.165, 1.54) is 7.11 Å². The third-order valence-electron chi connectivity index (χ3n) is 3.97. The normalized spacial score (nSPS) is 10.5. The lowest BCUT2D eigenvalue weighted by atomic mass is 10.1. The largest absolute Gasteiger partial charge is 0.495 e. The van der Waals surface area contributed by atoms with Crippen LogP contribution in [0.4, 0.5) is 17.3 Å². The first-order valence-electron chi connectivity index (χ1n) is 8.70. The summed E-state index contributed by atoms with van der Waals surface area (Å²) in [7, 11) is 1.54. The molecule has 0 atom stereocenters. The average molecular weight is 397 g/mol. The van der Waals surface area contributed by atoms with E-state index in [1.807, 2.05) is 32.9 Å². The van der Waals surface area contributed by atoms with E-state index in [9.17, 15) is 4.79 Å². The van der Waals surface area contributed by atoms with Crippen LogP contribution in [0.1, 0.15) is 27.3 Å². The second kappa shape index (κ2) is 8.27. The number of anilines is 3. The van der Waals surface area contributed by atoms with Crippen LogP contribution >= 0.6 is 11.6 Å². The van der Waals surface area contributed by atoms with Crippen LogP contribution in [0.25, 0.3) is 0 Å².